The molecule has 1 fully saturated rings. The minimum Gasteiger partial charge on any atom is -0.472 e. The zero-order chi connectivity index (χ0) is 20.5. The van der Waals surface area contributed by atoms with Crippen LogP contribution in [0.1, 0.15) is 58.9 Å². The number of fused-ring (bicyclic) bond motifs is 1. The highest BCUT2D eigenvalue weighted by atomic mass is 16.5. The lowest BCUT2D eigenvalue weighted by Crippen LogP contribution is -2.56. The van der Waals surface area contributed by atoms with Gasteiger partial charge in [0.25, 0.3) is 0 Å². The molecule has 1 aromatic heterocycles. The van der Waals surface area contributed by atoms with Crippen molar-refractivity contribution in [2.24, 2.45) is 22.7 Å². The standard InChI is InChI=1S/C23H32O5/c1-15(24)28-19-13-17(21(25)26-5)18(8-7-16-9-12-27-14-16)23(4)11-6-10-22(2,3)20(19)23/h9,12-14,18-20H,6-8,10-11H2,1-5H3/t18-,19-,20-,23+/m0/s1. The molecular formula is C23H32O5. The van der Waals surface area contributed by atoms with Gasteiger partial charge in [-0.15, -0.1) is 0 Å². The van der Waals surface area contributed by atoms with Crippen LogP contribution in [0.5, 0.6) is 0 Å². The summed E-state index contributed by atoms with van der Waals surface area (Å²) in [4.78, 5) is 24.5. The number of aryl methyl sites for hydroxylation is 1. The van der Waals surface area contributed by atoms with Crippen molar-refractivity contribution in [1.29, 1.82) is 0 Å². The van der Waals surface area contributed by atoms with Crippen LogP contribution in [0.3, 0.4) is 0 Å². The van der Waals surface area contributed by atoms with E-state index in [9.17, 15) is 9.59 Å². The van der Waals surface area contributed by atoms with Gasteiger partial charge in [0, 0.05) is 18.4 Å². The molecule has 5 nitrogen and oxygen atoms in total. The predicted molar refractivity (Wildman–Crippen MR) is 105 cm³/mol. The fourth-order valence-corrected chi connectivity index (χ4v) is 5.94. The summed E-state index contributed by atoms with van der Waals surface area (Å²) in [6, 6.07) is 1.97. The Labute approximate surface area is 167 Å². The second kappa shape index (κ2) is 7.76. The Morgan fingerprint density at radius 2 is 2.00 bits per heavy atom. The maximum Gasteiger partial charge on any atom is 0.333 e. The molecule has 0 aromatic carbocycles. The van der Waals surface area contributed by atoms with Crippen LogP contribution < -0.4 is 0 Å². The largest absolute Gasteiger partial charge is 0.472 e. The maximum absolute atomic E-state index is 12.7. The SMILES string of the molecule is COC(=O)C1=C[C@H](OC(C)=O)[C@H]2C(C)(C)CCC[C@]2(C)[C@H]1CCc1ccoc1. The number of ether oxygens (including phenoxy) is 2. The highest BCUT2D eigenvalue weighted by molar-refractivity contribution is 5.89. The van der Waals surface area contributed by atoms with Crippen LogP contribution in [0.25, 0.3) is 0 Å². The molecule has 5 heteroatoms. The summed E-state index contributed by atoms with van der Waals surface area (Å²) in [5.41, 5.74) is 1.64. The highest BCUT2D eigenvalue weighted by Gasteiger charge is 2.57. The van der Waals surface area contributed by atoms with E-state index in [1.165, 1.54) is 14.0 Å². The topological polar surface area (TPSA) is 65.7 Å². The Bertz CT molecular complexity index is 745. The Kier molecular flexibility index (Phi) is 5.74. The summed E-state index contributed by atoms with van der Waals surface area (Å²) in [5, 5.41) is 0. The number of furan rings is 1. The molecule has 1 heterocycles. The minimum absolute atomic E-state index is 0.0131. The predicted octanol–water partition coefficient (Wildman–Crippen LogP) is 4.71. The van der Waals surface area contributed by atoms with Crippen molar-refractivity contribution in [3.63, 3.8) is 0 Å². The smallest absolute Gasteiger partial charge is 0.333 e. The highest BCUT2D eigenvalue weighted by Crippen LogP contribution is 2.61. The van der Waals surface area contributed by atoms with E-state index >= 15 is 0 Å². The van der Waals surface area contributed by atoms with E-state index in [1.807, 2.05) is 12.1 Å². The molecule has 4 atom stereocenters. The van der Waals surface area contributed by atoms with Crippen LogP contribution in [0.15, 0.2) is 34.7 Å². The van der Waals surface area contributed by atoms with Gasteiger partial charge in [0.2, 0.25) is 0 Å². The first kappa shape index (κ1) is 20.7. The van der Waals surface area contributed by atoms with Gasteiger partial charge in [0.05, 0.1) is 19.6 Å². The summed E-state index contributed by atoms with van der Waals surface area (Å²) in [6.07, 6.45) is 9.75. The number of carbonyl (C=O) groups excluding carboxylic acids is 2. The van der Waals surface area contributed by atoms with Crippen molar-refractivity contribution in [1.82, 2.24) is 0 Å². The molecule has 154 valence electrons. The minimum atomic E-state index is -0.405. The lowest BCUT2D eigenvalue weighted by molar-refractivity contribution is -0.163. The molecule has 0 radical (unpaired) electrons. The fraction of sp³-hybridized carbons (Fsp3) is 0.652. The average molecular weight is 389 g/mol. The molecule has 0 N–H and O–H groups in total. The second-order valence-corrected chi connectivity index (χ2v) is 9.24. The first-order valence-corrected chi connectivity index (χ1v) is 10.2. The van der Waals surface area contributed by atoms with E-state index in [1.54, 1.807) is 12.5 Å². The van der Waals surface area contributed by atoms with Crippen LogP contribution in [0.4, 0.5) is 0 Å². The molecule has 0 amide bonds. The van der Waals surface area contributed by atoms with Crippen LogP contribution in [0.2, 0.25) is 0 Å². The van der Waals surface area contributed by atoms with Gasteiger partial charge in [-0.25, -0.2) is 4.79 Å². The van der Waals surface area contributed by atoms with Gasteiger partial charge in [-0.05, 0) is 60.1 Å². The van der Waals surface area contributed by atoms with Crippen molar-refractivity contribution in [3.8, 4) is 0 Å². The summed E-state index contributed by atoms with van der Waals surface area (Å²) in [5.74, 6) is -0.435. The van der Waals surface area contributed by atoms with E-state index < -0.39 is 6.10 Å². The number of esters is 2. The molecule has 1 saturated carbocycles. The summed E-state index contributed by atoms with van der Waals surface area (Å²) >= 11 is 0. The van der Waals surface area contributed by atoms with Gasteiger partial charge in [0.1, 0.15) is 6.10 Å². The number of carbonyl (C=O) groups is 2. The van der Waals surface area contributed by atoms with Crippen molar-refractivity contribution < 1.29 is 23.5 Å². The quantitative estimate of drug-likeness (QED) is 0.684. The number of hydrogen-bond acceptors (Lipinski definition) is 5. The second-order valence-electron chi connectivity index (χ2n) is 9.24. The molecule has 0 spiro atoms. The maximum atomic E-state index is 12.7. The van der Waals surface area contributed by atoms with E-state index in [2.05, 4.69) is 20.8 Å². The summed E-state index contributed by atoms with van der Waals surface area (Å²) < 4.78 is 16.1. The molecule has 3 rings (SSSR count). The van der Waals surface area contributed by atoms with Crippen molar-refractivity contribution in [2.75, 3.05) is 7.11 Å². The Morgan fingerprint density at radius 3 is 2.61 bits per heavy atom. The molecule has 0 unspecified atom stereocenters. The van der Waals surface area contributed by atoms with Gasteiger partial charge in [-0.1, -0.05) is 27.2 Å². The molecule has 0 bridgehead atoms. The molecule has 0 saturated heterocycles. The van der Waals surface area contributed by atoms with Crippen molar-refractivity contribution in [3.05, 3.63) is 35.8 Å². The monoisotopic (exact) mass is 388 g/mol. The van der Waals surface area contributed by atoms with Crippen LogP contribution in [0, 0.1) is 22.7 Å². The van der Waals surface area contributed by atoms with Gasteiger partial charge in [0.15, 0.2) is 0 Å². The van der Waals surface area contributed by atoms with E-state index in [0.29, 0.717) is 5.57 Å². The van der Waals surface area contributed by atoms with E-state index in [-0.39, 0.29) is 34.6 Å². The van der Waals surface area contributed by atoms with Crippen molar-refractivity contribution in [2.45, 2.75) is 65.9 Å². The van der Waals surface area contributed by atoms with Gasteiger partial charge >= 0.3 is 11.9 Å². The lowest BCUT2D eigenvalue weighted by Gasteiger charge is -2.58. The van der Waals surface area contributed by atoms with Gasteiger partial charge in [-0.2, -0.15) is 0 Å². The van der Waals surface area contributed by atoms with Crippen LogP contribution >= 0.6 is 0 Å². The average Bonchev–Trinajstić information content (AvgIpc) is 3.11. The Hall–Kier alpha value is -2.04. The lowest BCUT2D eigenvalue weighted by atomic mass is 9.47. The van der Waals surface area contributed by atoms with Gasteiger partial charge in [-0.3, -0.25) is 4.79 Å². The van der Waals surface area contributed by atoms with E-state index in [0.717, 1.165) is 37.7 Å². The fourth-order valence-electron chi connectivity index (χ4n) is 5.94. The van der Waals surface area contributed by atoms with Crippen LogP contribution in [-0.2, 0) is 25.5 Å². The number of rotatable bonds is 5. The third-order valence-corrected chi connectivity index (χ3v) is 6.96. The first-order chi connectivity index (χ1) is 13.2. The Morgan fingerprint density at radius 1 is 1.25 bits per heavy atom. The first-order valence-electron chi connectivity index (χ1n) is 10.2. The van der Waals surface area contributed by atoms with E-state index in [4.69, 9.17) is 13.9 Å². The third kappa shape index (κ3) is 3.76. The molecular weight excluding hydrogens is 356 g/mol. The third-order valence-electron chi connectivity index (χ3n) is 6.96. The summed E-state index contributed by atoms with van der Waals surface area (Å²) in [7, 11) is 1.41. The van der Waals surface area contributed by atoms with Gasteiger partial charge < -0.3 is 13.9 Å². The number of hydrogen-bond donors (Lipinski definition) is 0. The Balaban J connectivity index is 2.05. The zero-order valence-electron chi connectivity index (χ0n) is 17.6. The molecule has 2 aliphatic carbocycles. The normalized spacial score (nSPS) is 31.5. The summed E-state index contributed by atoms with van der Waals surface area (Å²) in [6.45, 7) is 8.22. The van der Waals surface area contributed by atoms with Crippen LogP contribution in [-0.4, -0.2) is 25.2 Å². The zero-order valence-corrected chi connectivity index (χ0v) is 17.6. The molecule has 1 aromatic rings. The molecule has 28 heavy (non-hydrogen) atoms. The molecule has 0 aliphatic heterocycles. The molecule has 2 aliphatic rings. The van der Waals surface area contributed by atoms with Crippen molar-refractivity contribution >= 4 is 11.9 Å². The number of methoxy groups -OCH3 is 1.